The van der Waals surface area contributed by atoms with E-state index in [0.29, 0.717) is 19.5 Å². The number of hydrogen-bond donors (Lipinski definition) is 1. The third kappa shape index (κ3) is 5.75. The minimum Gasteiger partial charge on any atom is -0.385 e. The molecule has 0 radical (unpaired) electrons. The van der Waals surface area contributed by atoms with E-state index in [1.165, 1.54) is 18.5 Å². The first kappa shape index (κ1) is 19.3. The van der Waals surface area contributed by atoms with Gasteiger partial charge in [-0.15, -0.1) is 0 Å². The summed E-state index contributed by atoms with van der Waals surface area (Å²) in [4.78, 5) is 16.6. The first-order valence-corrected chi connectivity index (χ1v) is 9.98. The quantitative estimate of drug-likeness (QED) is 0.791. The van der Waals surface area contributed by atoms with Crippen molar-refractivity contribution < 1.29 is 4.79 Å². The molecule has 27 heavy (non-hydrogen) atoms. The van der Waals surface area contributed by atoms with Crippen LogP contribution in [-0.4, -0.2) is 37.5 Å². The summed E-state index contributed by atoms with van der Waals surface area (Å²) < 4.78 is 0. The molecule has 1 aliphatic heterocycles. The fourth-order valence-electron chi connectivity index (χ4n) is 3.51. The molecule has 3 rings (SSSR count). The van der Waals surface area contributed by atoms with Gasteiger partial charge in [-0.1, -0.05) is 37.3 Å². The van der Waals surface area contributed by atoms with Crippen molar-refractivity contribution in [2.45, 2.75) is 32.7 Å². The van der Waals surface area contributed by atoms with Crippen molar-refractivity contribution in [1.29, 1.82) is 0 Å². The molecule has 0 aromatic heterocycles. The Morgan fingerprint density at radius 3 is 2.41 bits per heavy atom. The van der Waals surface area contributed by atoms with E-state index >= 15 is 0 Å². The van der Waals surface area contributed by atoms with Crippen LogP contribution in [0, 0.1) is 5.92 Å². The van der Waals surface area contributed by atoms with E-state index in [0.717, 1.165) is 30.3 Å². The van der Waals surface area contributed by atoms with Crippen LogP contribution in [0.3, 0.4) is 0 Å². The number of rotatable bonds is 7. The maximum Gasteiger partial charge on any atom is 0.224 e. The van der Waals surface area contributed by atoms with Crippen molar-refractivity contribution in [3.05, 3.63) is 60.2 Å². The Morgan fingerprint density at radius 2 is 1.74 bits per heavy atom. The van der Waals surface area contributed by atoms with Crippen molar-refractivity contribution in [2.75, 3.05) is 36.9 Å². The fraction of sp³-hybridized carbons (Fsp3) is 0.435. The summed E-state index contributed by atoms with van der Waals surface area (Å²) in [5.74, 6) is 1.00. The van der Waals surface area contributed by atoms with Gasteiger partial charge in [0, 0.05) is 51.0 Å². The zero-order chi connectivity index (χ0) is 19.1. The Labute approximate surface area is 163 Å². The largest absolute Gasteiger partial charge is 0.385 e. The molecule has 1 saturated heterocycles. The summed E-state index contributed by atoms with van der Waals surface area (Å²) in [7, 11) is 1.86. The molecule has 0 spiro atoms. The zero-order valence-corrected chi connectivity index (χ0v) is 16.5. The second-order valence-corrected chi connectivity index (χ2v) is 7.63. The van der Waals surface area contributed by atoms with Gasteiger partial charge >= 0.3 is 0 Å². The summed E-state index contributed by atoms with van der Waals surface area (Å²) >= 11 is 0. The van der Waals surface area contributed by atoms with Crippen LogP contribution in [0.4, 0.5) is 11.4 Å². The molecule has 1 amide bonds. The average Bonchev–Trinajstić information content (AvgIpc) is 2.70. The van der Waals surface area contributed by atoms with Crippen LogP contribution >= 0.6 is 0 Å². The molecule has 1 N–H and O–H groups in total. The molecule has 0 unspecified atom stereocenters. The first-order valence-electron chi connectivity index (χ1n) is 9.98. The van der Waals surface area contributed by atoms with E-state index in [9.17, 15) is 4.79 Å². The van der Waals surface area contributed by atoms with Crippen LogP contribution in [-0.2, 0) is 11.3 Å². The van der Waals surface area contributed by atoms with Crippen LogP contribution in [0.5, 0.6) is 0 Å². The van der Waals surface area contributed by atoms with Crippen molar-refractivity contribution in [3.63, 3.8) is 0 Å². The molecule has 1 aliphatic rings. The smallest absolute Gasteiger partial charge is 0.224 e. The molecule has 2 aromatic rings. The molecule has 1 heterocycles. The molecular weight excluding hydrogens is 334 g/mol. The minimum atomic E-state index is 0.158. The lowest BCUT2D eigenvalue weighted by Gasteiger charge is -2.32. The number of piperidine rings is 1. The normalized spacial score (nSPS) is 14.8. The topological polar surface area (TPSA) is 35.6 Å². The third-order valence-electron chi connectivity index (χ3n) is 5.37. The SMILES string of the molecule is CC1CCN(c2ccc(NCCC(=O)N(C)Cc3ccccc3)cc2)CC1. The van der Waals surface area contributed by atoms with Gasteiger partial charge in [-0.05, 0) is 48.6 Å². The molecule has 144 valence electrons. The Kier molecular flexibility index (Phi) is 6.74. The van der Waals surface area contributed by atoms with Gasteiger partial charge in [-0.3, -0.25) is 4.79 Å². The number of nitrogens with one attached hydrogen (secondary N) is 1. The van der Waals surface area contributed by atoms with Gasteiger partial charge in [0.25, 0.3) is 0 Å². The van der Waals surface area contributed by atoms with Crippen LogP contribution < -0.4 is 10.2 Å². The van der Waals surface area contributed by atoms with E-state index < -0.39 is 0 Å². The highest BCUT2D eigenvalue weighted by Gasteiger charge is 2.15. The lowest BCUT2D eigenvalue weighted by Crippen LogP contribution is -2.32. The van der Waals surface area contributed by atoms with E-state index in [1.54, 1.807) is 4.90 Å². The maximum atomic E-state index is 12.3. The Balaban J connectivity index is 1.41. The van der Waals surface area contributed by atoms with Gasteiger partial charge in [0.1, 0.15) is 0 Å². The summed E-state index contributed by atoms with van der Waals surface area (Å²) in [6.07, 6.45) is 3.05. The van der Waals surface area contributed by atoms with Crippen molar-refractivity contribution >= 4 is 17.3 Å². The Morgan fingerprint density at radius 1 is 1.07 bits per heavy atom. The molecule has 0 aliphatic carbocycles. The fourth-order valence-corrected chi connectivity index (χ4v) is 3.51. The molecule has 0 atom stereocenters. The number of nitrogens with zero attached hydrogens (tertiary/aromatic N) is 2. The molecule has 0 bridgehead atoms. The summed E-state index contributed by atoms with van der Waals surface area (Å²) in [6.45, 7) is 5.94. The minimum absolute atomic E-state index is 0.158. The Hall–Kier alpha value is -2.49. The first-order chi connectivity index (χ1) is 13.1. The number of anilines is 2. The van der Waals surface area contributed by atoms with Crippen LogP contribution in [0.2, 0.25) is 0 Å². The highest BCUT2D eigenvalue weighted by atomic mass is 16.2. The standard InChI is InChI=1S/C23H31N3O/c1-19-13-16-26(17-14-19)22-10-8-21(9-11-22)24-15-12-23(27)25(2)18-20-6-4-3-5-7-20/h3-11,19,24H,12-18H2,1-2H3. The second kappa shape index (κ2) is 9.45. The van der Waals surface area contributed by atoms with E-state index in [1.807, 2.05) is 37.4 Å². The number of carbonyl (C=O) groups excluding carboxylic acids is 1. The lowest BCUT2D eigenvalue weighted by molar-refractivity contribution is -0.130. The van der Waals surface area contributed by atoms with Crippen molar-refractivity contribution in [1.82, 2.24) is 4.90 Å². The maximum absolute atomic E-state index is 12.3. The predicted molar refractivity (Wildman–Crippen MR) is 113 cm³/mol. The van der Waals surface area contributed by atoms with E-state index in [4.69, 9.17) is 0 Å². The molecule has 4 heteroatoms. The van der Waals surface area contributed by atoms with Gasteiger partial charge < -0.3 is 15.1 Å². The summed E-state index contributed by atoms with van der Waals surface area (Å²) in [6, 6.07) is 18.7. The van der Waals surface area contributed by atoms with Gasteiger partial charge in [0.15, 0.2) is 0 Å². The second-order valence-electron chi connectivity index (χ2n) is 7.63. The van der Waals surface area contributed by atoms with Crippen LogP contribution in [0.1, 0.15) is 31.7 Å². The number of carbonyl (C=O) groups is 1. The zero-order valence-electron chi connectivity index (χ0n) is 16.5. The van der Waals surface area contributed by atoms with E-state index in [2.05, 4.69) is 41.4 Å². The van der Waals surface area contributed by atoms with Gasteiger partial charge in [0.2, 0.25) is 5.91 Å². The van der Waals surface area contributed by atoms with Crippen molar-refractivity contribution in [3.8, 4) is 0 Å². The number of hydrogen-bond acceptors (Lipinski definition) is 3. The summed E-state index contributed by atoms with van der Waals surface area (Å²) in [5.41, 5.74) is 3.53. The Bertz CT molecular complexity index is 706. The molecule has 1 fully saturated rings. The van der Waals surface area contributed by atoms with E-state index in [-0.39, 0.29) is 5.91 Å². The van der Waals surface area contributed by atoms with Crippen LogP contribution in [0.25, 0.3) is 0 Å². The molecule has 4 nitrogen and oxygen atoms in total. The highest BCUT2D eigenvalue weighted by molar-refractivity contribution is 5.76. The molecule has 0 saturated carbocycles. The van der Waals surface area contributed by atoms with Gasteiger partial charge in [-0.25, -0.2) is 0 Å². The summed E-state index contributed by atoms with van der Waals surface area (Å²) in [5, 5.41) is 3.37. The molecular formula is C23H31N3O. The predicted octanol–water partition coefficient (Wildman–Crippen LogP) is 4.38. The monoisotopic (exact) mass is 365 g/mol. The lowest BCUT2D eigenvalue weighted by atomic mass is 9.99. The van der Waals surface area contributed by atoms with Gasteiger partial charge in [-0.2, -0.15) is 0 Å². The average molecular weight is 366 g/mol. The number of amides is 1. The van der Waals surface area contributed by atoms with Crippen molar-refractivity contribution in [2.24, 2.45) is 5.92 Å². The molecule has 2 aromatic carbocycles. The third-order valence-corrected chi connectivity index (χ3v) is 5.37. The number of benzene rings is 2. The highest BCUT2D eigenvalue weighted by Crippen LogP contribution is 2.24. The van der Waals surface area contributed by atoms with Gasteiger partial charge in [0.05, 0.1) is 0 Å². The van der Waals surface area contributed by atoms with Crippen LogP contribution in [0.15, 0.2) is 54.6 Å².